The number of hydrogen-bond donors (Lipinski definition) is 0. The third-order valence-corrected chi connectivity index (χ3v) is 2.86. The Morgan fingerprint density at radius 1 is 1.29 bits per heavy atom. The number of rotatable bonds is 7. The normalized spacial score (nSPS) is 10.6. The van der Waals surface area contributed by atoms with Gasteiger partial charge in [0.2, 0.25) is 0 Å². The molecule has 0 fully saturated rings. The van der Waals surface area contributed by atoms with Crippen LogP contribution in [0.25, 0.3) is 0 Å². The quantitative estimate of drug-likeness (QED) is 0.668. The minimum atomic E-state index is 0.712. The lowest BCUT2D eigenvalue weighted by molar-refractivity contribution is 0.339. The van der Waals surface area contributed by atoms with Crippen LogP contribution in [0.15, 0.2) is 30.9 Å². The van der Waals surface area contributed by atoms with E-state index in [2.05, 4.69) is 38.6 Å². The molecule has 0 saturated carbocycles. The van der Waals surface area contributed by atoms with Gasteiger partial charge in [-0.25, -0.2) is 0 Å². The molecule has 0 aromatic heterocycles. The van der Waals surface area contributed by atoms with E-state index in [0.29, 0.717) is 6.61 Å². The zero-order valence-corrected chi connectivity index (χ0v) is 11.3. The molecule has 93 valence electrons. The fourth-order valence-corrected chi connectivity index (χ4v) is 1.78. The molecule has 0 N–H and O–H groups in total. The topological polar surface area (TPSA) is 9.23 Å². The lowest BCUT2D eigenvalue weighted by Gasteiger charge is -2.12. The van der Waals surface area contributed by atoms with Crippen molar-refractivity contribution in [1.29, 1.82) is 0 Å². The molecule has 17 heavy (non-hydrogen) atoms. The summed E-state index contributed by atoms with van der Waals surface area (Å²) in [4.78, 5) is 0. The summed E-state index contributed by atoms with van der Waals surface area (Å²) >= 11 is 0. The third-order valence-electron chi connectivity index (χ3n) is 2.86. The van der Waals surface area contributed by atoms with Crippen LogP contribution in [-0.2, 0) is 6.42 Å². The van der Waals surface area contributed by atoms with Crippen molar-refractivity contribution >= 4 is 0 Å². The largest absolute Gasteiger partial charge is 0.494 e. The van der Waals surface area contributed by atoms with Crippen molar-refractivity contribution in [2.75, 3.05) is 6.61 Å². The van der Waals surface area contributed by atoms with Gasteiger partial charge in [0.15, 0.2) is 0 Å². The van der Waals surface area contributed by atoms with Crippen LogP contribution in [0.2, 0.25) is 0 Å². The van der Waals surface area contributed by atoms with Crippen LogP contribution in [0.1, 0.15) is 44.7 Å². The second-order valence-electron chi connectivity index (χ2n) is 4.29. The van der Waals surface area contributed by atoms with E-state index in [1.54, 1.807) is 0 Å². The lowest BCUT2D eigenvalue weighted by Crippen LogP contribution is -1.98. The van der Waals surface area contributed by atoms with Crippen LogP contribution in [0.4, 0.5) is 0 Å². The summed E-state index contributed by atoms with van der Waals surface area (Å²) in [5.41, 5.74) is 2.58. The Balaban J connectivity index is 2.95. The van der Waals surface area contributed by atoms with Gasteiger partial charge in [0, 0.05) is 5.92 Å². The third kappa shape index (κ3) is 4.26. The first kappa shape index (κ1) is 13.8. The Hall–Kier alpha value is -1.24. The molecule has 0 heterocycles. The Kier molecular flexibility index (Phi) is 5.82. The molecule has 0 bridgehead atoms. The number of allylic oxidation sites excluding steroid dienone is 1. The fourth-order valence-electron chi connectivity index (χ4n) is 1.78. The van der Waals surface area contributed by atoms with E-state index in [9.17, 15) is 0 Å². The number of aryl methyl sites for hydroxylation is 1. The van der Waals surface area contributed by atoms with Gasteiger partial charge in [0.05, 0.1) is 6.61 Å². The second-order valence-corrected chi connectivity index (χ2v) is 4.29. The van der Waals surface area contributed by atoms with E-state index in [-0.39, 0.29) is 0 Å². The van der Waals surface area contributed by atoms with Gasteiger partial charge < -0.3 is 4.74 Å². The number of hydrogen-bond acceptors (Lipinski definition) is 1. The van der Waals surface area contributed by atoms with Crippen LogP contribution in [0, 0.1) is 5.92 Å². The fraction of sp³-hybridized carbons (Fsp3) is 0.438. The molecule has 0 saturated heterocycles. The second kappa shape index (κ2) is 7.16. The van der Waals surface area contributed by atoms with E-state index in [0.717, 1.165) is 12.2 Å². The van der Waals surface area contributed by atoms with Gasteiger partial charge in [-0.3, -0.25) is 0 Å². The molecule has 0 unspecified atom stereocenters. The van der Waals surface area contributed by atoms with Gasteiger partial charge in [-0.05, 0) is 43.0 Å². The Morgan fingerprint density at radius 3 is 2.65 bits per heavy atom. The van der Waals surface area contributed by atoms with Crippen LogP contribution < -0.4 is 4.74 Å². The maximum Gasteiger partial charge on any atom is 0.119 e. The Morgan fingerprint density at radius 2 is 2.06 bits per heavy atom. The standard InChI is InChI=1S/C16H23O/c1-5-8-9-14-10-15(13(4)6-2)12-16(11-14)17-7-3/h6,10-12H,2,5,7-9H2,1,3-4H3. The maximum absolute atomic E-state index is 5.61. The van der Waals surface area contributed by atoms with Crippen molar-refractivity contribution in [3.05, 3.63) is 47.9 Å². The minimum absolute atomic E-state index is 0.712. The van der Waals surface area contributed by atoms with Crippen molar-refractivity contribution in [2.24, 2.45) is 0 Å². The minimum Gasteiger partial charge on any atom is -0.494 e. The molecule has 0 atom stereocenters. The molecule has 1 heteroatoms. The van der Waals surface area contributed by atoms with E-state index in [4.69, 9.17) is 4.74 Å². The van der Waals surface area contributed by atoms with Gasteiger partial charge >= 0.3 is 0 Å². The molecule has 0 amide bonds. The van der Waals surface area contributed by atoms with Crippen molar-refractivity contribution < 1.29 is 4.74 Å². The molecule has 0 spiro atoms. The smallest absolute Gasteiger partial charge is 0.119 e. The van der Waals surface area contributed by atoms with Gasteiger partial charge in [0.1, 0.15) is 5.75 Å². The zero-order valence-electron chi connectivity index (χ0n) is 11.3. The highest BCUT2D eigenvalue weighted by atomic mass is 16.5. The van der Waals surface area contributed by atoms with Crippen molar-refractivity contribution in [3.8, 4) is 5.75 Å². The van der Waals surface area contributed by atoms with Crippen molar-refractivity contribution in [3.63, 3.8) is 0 Å². The maximum atomic E-state index is 5.61. The first-order valence-corrected chi connectivity index (χ1v) is 6.44. The molecular formula is C16H23O. The molecule has 1 nitrogen and oxygen atoms in total. The summed E-state index contributed by atoms with van der Waals surface area (Å²) in [5.74, 6) is 2.17. The van der Waals surface area contributed by atoms with Crippen LogP contribution >= 0.6 is 0 Å². The molecule has 1 aromatic carbocycles. The highest BCUT2D eigenvalue weighted by Crippen LogP contribution is 2.24. The molecule has 1 rings (SSSR count). The summed E-state index contributed by atoms with van der Waals surface area (Å²) in [6, 6.07) is 6.49. The number of unbranched alkanes of at least 4 members (excludes halogenated alkanes) is 1. The highest BCUT2D eigenvalue weighted by molar-refractivity contribution is 5.43. The molecule has 0 aliphatic heterocycles. The zero-order chi connectivity index (χ0) is 12.7. The van der Waals surface area contributed by atoms with Crippen LogP contribution in [0.3, 0.4) is 0 Å². The van der Waals surface area contributed by atoms with Crippen molar-refractivity contribution in [1.82, 2.24) is 0 Å². The van der Waals surface area contributed by atoms with Gasteiger partial charge in [-0.15, -0.1) is 6.58 Å². The van der Waals surface area contributed by atoms with E-state index in [1.165, 1.54) is 29.9 Å². The summed E-state index contributed by atoms with van der Waals surface area (Å²) < 4.78 is 5.61. The molecule has 1 radical (unpaired) electrons. The number of ether oxygens (including phenoxy) is 1. The predicted octanol–water partition coefficient (Wildman–Crippen LogP) is 4.56. The number of benzene rings is 1. The lowest BCUT2D eigenvalue weighted by atomic mass is 9.97. The van der Waals surface area contributed by atoms with E-state index >= 15 is 0 Å². The van der Waals surface area contributed by atoms with Gasteiger partial charge in [-0.1, -0.05) is 32.4 Å². The van der Waals surface area contributed by atoms with Crippen molar-refractivity contribution in [2.45, 2.75) is 40.0 Å². The average Bonchev–Trinajstić information content (AvgIpc) is 2.35. The summed E-state index contributed by atoms with van der Waals surface area (Å²) in [6.45, 7) is 10.9. The summed E-state index contributed by atoms with van der Waals surface area (Å²) in [6.07, 6.45) is 5.46. The summed E-state index contributed by atoms with van der Waals surface area (Å²) in [5, 5.41) is 0. The van der Waals surface area contributed by atoms with Crippen LogP contribution in [0.5, 0.6) is 5.75 Å². The highest BCUT2D eigenvalue weighted by Gasteiger charge is 2.06. The SMILES string of the molecule is C=C[C](C)c1cc(CCCC)cc(OCC)c1. The molecule has 1 aromatic rings. The molecular weight excluding hydrogens is 208 g/mol. The summed E-state index contributed by atoms with van der Waals surface area (Å²) in [7, 11) is 0. The van der Waals surface area contributed by atoms with Gasteiger partial charge in [-0.2, -0.15) is 0 Å². The first-order chi connectivity index (χ1) is 8.21. The monoisotopic (exact) mass is 231 g/mol. The Bertz CT molecular complexity index is 355. The molecule has 0 aliphatic carbocycles. The van der Waals surface area contributed by atoms with E-state index < -0.39 is 0 Å². The van der Waals surface area contributed by atoms with Gasteiger partial charge in [0.25, 0.3) is 0 Å². The average molecular weight is 231 g/mol. The first-order valence-electron chi connectivity index (χ1n) is 6.44. The predicted molar refractivity (Wildman–Crippen MR) is 74.4 cm³/mol. The van der Waals surface area contributed by atoms with E-state index in [1.807, 2.05) is 13.0 Å². The Labute approximate surface area is 106 Å². The van der Waals surface area contributed by atoms with Crippen LogP contribution in [-0.4, -0.2) is 6.61 Å². The molecule has 0 aliphatic rings.